The highest BCUT2D eigenvalue weighted by atomic mass is 35.5. The van der Waals surface area contributed by atoms with Crippen LogP contribution in [-0.2, 0) is 7.05 Å². The normalized spacial score (nSPS) is 16.4. The molecule has 8 nitrogen and oxygen atoms in total. The van der Waals surface area contributed by atoms with Gasteiger partial charge in [-0.05, 0) is 6.07 Å². The van der Waals surface area contributed by atoms with Crippen LogP contribution >= 0.6 is 11.6 Å². The highest BCUT2D eigenvalue weighted by Crippen LogP contribution is 2.38. The number of nitrogens with two attached hydrogens (primary N) is 1. The topological polar surface area (TPSA) is 98.9 Å². The number of allylic oxidation sites excluding steroid dienone is 1. The van der Waals surface area contributed by atoms with Gasteiger partial charge in [0.1, 0.15) is 5.75 Å². The number of benzene rings is 2. The van der Waals surface area contributed by atoms with Crippen molar-refractivity contribution in [1.82, 2.24) is 4.57 Å². The van der Waals surface area contributed by atoms with Crippen molar-refractivity contribution in [2.75, 3.05) is 12.0 Å². The average Bonchev–Trinajstić information content (AvgIpc) is 3.05. The van der Waals surface area contributed by atoms with E-state index >= 15 is 0 Å². The van der Waals surface area contributed by atoms with Crippen molar-refractivity contribution >= 4 is 39.6 Å². The average molecular weight is 430 g/mol. The predicted octanol–water partition coefficient (Wildman–Crippen LogP) is 3.87. The highest BCUT2D eigenvalue weighted by molar-refractivity contribution is 6.47. The number of para-hydroxylation sites is 1. The van der Waals surface area contributed by atoms with Crippen molar-refractivity contribution in [3.8, 4) is 5.75 Å². The molecule has 0 saturated carbocycles. The summed E-state index contributed by atoms with van der Waals surface area (Å²) in [7, 11) is 3.25. The summed E-state index contributed by atoms with van der Waals surface area (Å²) in [5.74, 6) is -0.945. The zero-order valence-electron chi connectivity index (χ0n) is 16.0. The molecule has 2 N–H and O–H groups in total. The summed E-state index contributed by atoms with van der Waals surface area (Å²) in [4.78, 5) is 16.3. The standard InChI is InChI=1S/C20H17ClFN5O3/c1-25-9-12(11-5-3-4-6-15(11)25)19-13(21)10-26(20(23)24-19)17-8-16(27(28)29)14(22)7-18(17)30-2/h3-10,20H,23H2,1-2H3. The number of nitrogens with zero attached hydrogens (tertiary/aromatic N) is 4. The third kappa shape index (κ3) is 3.17. The number of fused-ring (bicyclic) bond motifs is 1. The van der Waals surface area contributed by atoms with Gasteiger partial charge in [-0.3, -0.25) is 15.8 Å². The lowest BCUT2D eigenvalue weighted by atomic mass is 10.1. The molecule has 0 fully saturated rings. The molecule has 0 amide bonds. The summed E-state index contributed by atoms with van der Waals surface area (Å²) in [6.07, 6.45) is 2.46. The molecular formula is C20H17ClFN5O3. The Morgan fingerprint density at radius 1 is 1.33 bits per heavy atom. The Bertz CT molecular complexity index is 1240. The minimum absolute atomic E-state index is 0.0677. The van der Waals surface area contributed by atoms with E-state index in [9.17, 15) is 14.5 Å². The molecule has 2 aromatic carbocycles. The van der Waals surface area contributed by atoms with Crippen LogP contribution in [0.3, 0.4) is 0 Å². The van der Waals surface area contributed by atoms with E-state index in [1.54, 1.807) is 0 Å². The molecule has 1 aromatic heterocycles. The first-order valence-corrected chi connectivity index (χ1v) is 9.25. The fraction of sp³-hybridized carbons (Fsp3) is 0.150. The molecular weight excluding hydrogens is 413 g/mol. The van der Waals surface area contributed by atoms with E-state index in [4.69, 9.17) is 22.1 Å². The highest BCUT2D eigenvalue weighted by Gasteiger charge is 2.29. The summed E-state index contributed by atoms with van der Waals surface area (Å²) >= 11 is 6.54. The minimum atomic E-state index is -1.01. The van der Waals surface area contributed by atoms with Gasteiger partial charge in [0, 0.05) is 48.0 Å². The molecule has 0 radical (unpaired) electrons. The number of nitro groups is 1. The summed E-state index contributed by atoms with van der Waals surface area (Å²) in [5.41, 5.74) is 8.03. The molecule has 0 saturated heterocycles. The van der Waals surface area contributed by atoms with Gasteiger partial charge < -0.3 is 14.2 Å². The molecule has 1 aliphatic heterocycles. The molecule has 1 atom stereocenters. The number of halogens is 2. The third-order valence-electron chi connectivity index (χ3n) is 4.90. The van der Waals surface area contributed by atoms with Crippen molar-refractivity contribution < 1.29 is 14.1 Å². The molecule has 1 aliphatic rings. The van der Waals surface area contributed by atoms with Crippen LogP contribution in [-0.4, -0.2) is 28.6 Å². The van der Waals surface area contributed by atoms with Gasteiger partial charge in [-0.25, -0.2) is 4.99 Å². The zero-order valence-corrected chi connectivity index (χ0v) is 16.8. The van der Waals surface area contributed by atoms with Crippen LogP contribution < -0.4 is 15.4 Å². The molecule has 3 aromatic rings. The Kier molecular flexibility index (Phi) is 4.92. The van der Waals surface area contributed by atoms with Crippen LogP contribution in [0.4, 0.5) is 15.8 Å². The van der Waals surface area contributed by atoms with Crippen molar-refractivity contribution in [3.63, 3.8) is 0 Å². The van der Waals surface area contributed by atoms with E-state index in [0.29, 0.717) is 5.71 Å². The lowest BCUT2D eigenvalue weighted by Gasteiger charge is -2.30. The first-order valence-electron chi connectivity index (χ1n) is 8.87. The van der Waals surface area contributed by atoms with E-state index in [1.807, 2.05) is 42.1 Å². The number of hydrogen-bond acceptors (Lipinski definition) is 6. The van der Waals surface area contributed by atoms with Gasteiger partial charge in [0.2, 0.25) is 5.82 Å². The first kappa shape index (κ1) is 19.9. The molecule has 154 valence electrons. The van der Waals surface area contributed by atoms with Gasteiger partial charge >= 0.3 is 5.69 Å². The molecule has 0 spiro atoms. The molecule has 0 bridgehead atoms. The van der Waals surface area contributed by atoms with Crippen LogP contribution in [0, 0.1) is 15.9 Å². The lowest BCUT2D eigenvalue weighted by Crippen LogP contribution is -2.41. The Balaban J connectivity index is 1.80. The molecule has 2 heterocycles. The van der Waals surface area contributed by atoms with E-state index in [-0.39, 0.29) is 16.5 Å². The quantitative estimate of drug-likeness (QED) is 0.501. The number of methoxy groups -OCH3 is 1. The maximum Gasteiger partial charge on any atom is 0.307 e. The smallest absolute Gasteiger partial charge is 0.307 e. The Morgan fingerprint density at radius 3 is 2.77 bits per heavy atom. The summed E-state index contributed by atoms with van der Waals surface area (Å²) in [6.45, 7) is 0. The maximum atomic E-state index is 14.0. The van der Waals surface area contributed by atoms with E-state index in [1.165, 1.54) is 18.2 Å². The SMILES string of the molecule is COc1cc(F)c([N+](=O)[O-])cc1N1C=C(Cl)C(c2cn(C)c3ccccc23)=NC1N. The third-order valence-corrected chi connectivity index (χ3v) is 5.18. The minimum Gasteiger partial charge on any atom is -0.494 e. The number of nitro benzene ring substituents is 1. The number of rotatable bonds is 4. The summed E-state index contributed by atoms with van der Waals surface area (Å²) in [5, 5.41) is 12.4. The van der Waals surface area contributed by atoms with Gasteiger partial charge in [-0.2, -0.15) is 4.39 Å². The first-order chi connectivity index (χ1) is 14.3. The van der Waals surface area contributed by atoms with Gasteiger partial charge in [-0.15, -0.1) is 0 Å². The van der Waals surface area contributed by atoms with Gasteiger partial charge in [0.15, 0.2) is 6.29 Å². The van der Waals surface area contributed by atoms with E-state index < -0.39 is 22.7 Å². The van der Waals surface area contributed by atoms with E-state index in [2.05, 4.69) is 4.99 Å². The number of aryl methyl sites for hydroxylation is 1. The summed E-state index contributed by atoms with van der Waals surface area (Å²) < 4.78 is 21.1. The molecule has 1 unspecified atom stereocenters. The fourth-order valence-electron chi connectivity index (χ4n) is 3.49. The summed E-state index contributed by atoms with van der Waals surface area (Å²) in [6, 6.07) is 9.78. The lowest BCUT2D eigenvalue weighted by molar-refractivity contribution is -0.387. The van der Waals surface area contributed by atoms with Crippen molar-refractivity contribution in [2.45, 2.75) is 6.29 Å². The van der Waals surface area contributed by atoms with E-state index in [0.717, 1.165) is 28.6 Å². The van der Waals surface area contributed by atoms with Gasteiger partial charge in [-0.1, -0.05) is 29.8 Å². The fourth-order valence-corrected chi connectivity index (χ4v) is 3.75. The Morgan fingerprint density at radius 2 is 2.07 bits per heavy atom. The van der Waals surface area contributed by atoms with Crippen molar-refractivity contribution in [3.05, 3.63) is 75.3 Å². The van der Waals surface area contributed by atoms with Crippen molar-refractivity contribution in [2.24, 2.45) is 17.8 Å². The number of hydrogen-bond donors (Lipinski definition) is 1. The largest absolute Gasteiger partial charge is 0.494 e. The number of aliphatic imine (C=N–C) groups is 1. The van der Waals surface area contributed by atoms with Crippen LogP contribution in [0.25, 0.3) is 10.9 Å². The zero-order chi connectivity index (χ0) is 21.6. The second-order valence-electron chi connectivity index (χ2n) is 6.68. The monoisotopic (exact) mass is 429 g/mol. The molecule has 0 aliphatic carbocycles. The Hall–Kier alpha value is -3.43. The van der Waals surface area contributed by atoms with Gasteiger partial charge in [0.05, 0.1) is 28.5 Å². The van der Waals surface area contributed by atoms with Crippen molar-refractivity contribution in [1.29, 1.82) is 0 Å². The van der Waals surface area contributed by atoms with Gasteiger partial charge in [0.25, 0.3) is 0 Å². The second kappa shape index (κ2) is 7.43. The number of ether oxygens (including phenoxy) is 1. The predicted molar refractivity (Wildman–Crippen MR) is 113 cm³/mol. The Labute approximate surface area is 175 Å². The molecule has 10 heteroatoms. The number of anilines is 1. The van der Waals surface area contributed by atoms with Crippen LogP contribution in [0.5, 0.6) is 5.75 Å². The van der Waals surface area contributed by atoms with Crippen LogP contribution in [0.1, 0.15) is 5.56 Å². The second-order valence-corrected chi connectivity index (χ2v) is 7.09. The molecule has 30 heavy (non-hydrogen) atoms. The van der Waals surface area contributed by atoms with Crippen LogP contribution in [0.2, 0.25) is 0 Å². The maximum absolute atomic E-state index is 14.0. The van der Waals surface area contributed by atoms with Crippen LogP contribution in [0.15, 0.2) is 58.8 Å². The molecule has 4 rings (SSSR count). The number of aromatic nitrogens is 1.